The zero-order valence-corrected chi connectivity index (χ0v) is 4.94. The minimum Gasteiger partial charge on any atom is -0.390 e. The van der Waals surface area contributed by atoms with Crippen LogP contribution in [-0.4, -0.2) is 16.7 Å². The van der Waals surface area contributed by atoms with Crippen molar-refractivity contribution in [1.29, 1.82) is 0 Å². The number of hydrazine groups is 1. The SMILES string of the molecule is [2H]C1(NN)CC(C)(O)C1. The van der Waals surface area contributed by atoms with E-state index >= 15 is 0 Å². The van der Waals surface area contributed by atoms with Crippen molar-refractivity contribution >= 4 is 0 Å². The largest absolute Gasteiger partial charge is 0.390 e. The second-order valence-corrected chi connectivity index (χ2v) is 2.60. The molecule has 0 aromatic heterocycles. The molecule has 0 atom stereocenters. The maximum absolute atomic E-state index is 9.16. The molecule has 0 radical (unpaired) electrons. The Morgan fingerprint density at radius 3 is 2.62 bits per heavy atom. The van der Waals surface area contributed by atoms with Crippen molar-refractivity contribution < 1.29 is 6.48 Å². The van der Waals surface area contributed by atoms with Gasteiger partial charge in [0.1, 0.15) is 0 Å². The zero-order valence-electron chi connectivity index (χ0n) is 5.94. The highest BCUT2D eigenvalue weighted by Crippen LogP contribution is 2.30. The lowest BCUT2D eigenvalue weighted by Gasteiger charge is -2.40. The summed E-state index contributed by atoms with van der Waals surface area (Å²) < 4.78 is 7.37. The predicted octanol–water partition coefficient (Wildman–Crippen LogP) is -0.637. The summed E-state index contributed by atoms with van der Waals surface area (Å²) in [4.78, 5) is 0. The Hall–Kier alpha value is -0.120. The molecule has 1 aliphatic carbocycles. The van der Waals surface area contributed by atoms with Crippen LogP contribution >= 0.6 is 0 Å². The first-order chi connectivity index (χ1) is 3.97. The second-order valence-electron chi connectivity index (χ2n) is 2.60. The molecular weight excluding hydrogens is 104 g/mol. The fourth-order valence-corrected chi connectivity index (χ4v) is 0.970. The van der Waals surface area contributed by atoms with E-state index in [1.54, 1.807) is 6.92 Å². The first-order valence-electron chi connectivity index (χ1n) is 3.18. The van der Waals surface area contributed by atoms with Crippen molar-refractivity contribution in [3.8, 4) is 0 Å². The van der Waals surface area contributed by atoms with Crippen LogP contribution in [0.3, 0.4) is 0 Å². The summed E-state index contributed by atoms with van der Waals surface area (Å²) in [6.07, 6.45) is 0.826. The molecule has 0 bridgehead atoms. The molecule has 0 aliphatic heterocycles. The summed E-state index contributed by atoms with van der Waals surface area (Å²) in [5, 5.41) is 9.16. The molecule has 3 heteroatoms. The summed E-state index contributed by atoms with van der Waals surface area (Å²) in [7, 11) is 0. The monoisotopic (exact) mass is 117 g/mol. The number of rotatable bonds is 1. The van der Waals surface area contributed by atoms with Crippen LogP contribution < -0.4 is 11.3 Å². The number of nitrogens with one attached hydrogen (secondary N) is 1. The van der Waals surface area contributed by atoms with E-state index in [-0.39, 0.29) is 0 Å². The van der Waals surface area contributed by atoms with Gasteiger partial charge in [0.15, 0.2) is 0 Å². The van der Waals surface area contributed by atoms with E-state index in [9.17, 15) is 0 Å². The molecule has 0 saturated heterocycles. The van der Waals surface area contributed by atoms with E-state index < -0.39 is 11.6 Å². The Kier molecular flexibility index (Phi) is 0.997. The average molecular weight is 117 g/mol. The summed E-state index contributed by atoms with van der Waals surface area (Å²) in [6, 6.07) is -0.774. The van der Waals surface area contributed by atoms with Gasteiger partial charge < -0.3 is 5.11 Å². The Balaban J connectivity index is 2.41. The third-order valence-electron chi connectivity index (χ3n) is 1.39. The van der Waals surface area contributed by atoms with E-state index in [0.717, 1.165) is 0 Å². The van der Waals surface area contributed by atoms with Crippen LogP contribution in [0, 0.1) is 0 Å². The summed E-state index contributed by atoms with van der Waals surface area (Å²) >= 11 is 0. The van der Waals surface area contributed by atoms with Gasteiger partial charge in [-0.15, -0.1) is 0 Å². The molecule has 8 heavy (non-hydrogen) atoms. The average Bonchev–Trinajstić information content (AvgIpc) is 1.61. The third kappa shape index (κ3) is 0.992. The first kappa shape index (κ1) is 4.73. The summed E-state index contributed by atoms with van der Waals surface area (Å²) in [5.41, 5.74) is 1.67. The van der Waals surface area contributed by atoms with E-state index in [2.05, 4.69) is 5.43 Å². The van der Waals surface area contributed by atoms with Crippen LogP contribution in [0.15, 0.2) is 0 Å². The molecule has 0 aromatic rings. The lowest BCUT2D eigenvalue weighted by molar-refractivity contribution is -0.0388. The third-order valence-corrected chi connectivity index (χ3v) is 1.39. The van der Waals surface area contributed by atoms with Gasteiger partial charge >= 0.3 is 0 Å². The molecule has 0 heterocycles. The van der Waals surface area contributed by atoms with Gasteiger partial charge in [0.05, 0.1) is 5.60 Å². The molecule has 1 saturated carbocycles. The fourth-order valence-electron chi connectivity index (χ4n) is 0.970. The molecule has 0 unspecified atom stereocenters. The van der Waals surface area contributed by atoms with Crippen molar-refractivity contribution in [2.45, 2.75) is 31.4 Å². The molecule has 1 rings (SSSR count). The highest BCUT2D eigenvalue weighted by Gasteiger charge is 2.37. The van der Waals surface area contributed by atoms with Gasteiger partial charge in [0.25, 0.3) is 0 Å². The number of hydrogen-bond donors (Lipinski definition) is 3. The zero-order chi connectivity index (χ0) is 7.12. The maximum Gasteiger partial charge on any atom is 0.0650 e. The molecular formula is C5H12N2O. The fraction of sp³-hybridized carbons (Fsp3) is 1.00. The predicted molar refractivity (Wildman–Crippen MR) is 31.0 cm³/mol. The molecule has 1 fully saturated rings. The van der Waals surface area contributed by atoms with Gasteiger partial charge in [-0.1, -0.05) is 0 Å². The van der Waals surface area contributed by atoms with Crippen molar-refractivity contribution in [1.82, 2.24) is 5.43 Å². The van der Waals surface area contributed by atoms with Crippen molar-refractivity contribution in [2.75, 3.05) is 0 Å². The first-order valence-corrected chi connectivity index (χ1v) is 2.68. The normalized spacial score (nSPS) is 57.1. The lowest BCUT2D eigenvalue weighted by atomic mass is 9.78. The Bertz CT molecular complexity index is 118. The Morgan fingerprint density at radius 2 is 2.50 bits per heavy atom. The Labute approximate surface area is 50.3 Å². The minimum atomic E-state index is -0.774. The van der Waals surface area contributed by atoms with E-state index in [1.165, 1.54) is 0 Å². The molecule has 3 nitrogen and oxygen atoms in total. The van der Waals surface area contributed by atoms with Crippen LogP contribution in [0.5, 0.6) is 0 Å². The van der Waals surface area contributed by atoms with Crippen LogP contribution in [0.1, 0.15) is 21.1 Å². The Morgan fingerprint density at radius 1 is 2.00 bits per heavy atom. The van der Waals surface area contributed by atoms with Crippen molar-refractivity contribution in [3.05, 3.63) is 0 Å². The van der Waals surface area contributed by atoms with Gasteiger partial charge in [-0.3, -0.25) is 11.3 Å². The standard InChI is InChI=1S/C5H12N2O/c1-5(8)2-4(3-5)7-6/h4,7-8H,2-3,6H2,1H3/i4D. The number of nitrogens with two attached hydrogens (primary N) is 1. The molecule has 0 amide bonds. The van der Waals surface area contributed by atoms with Gasteiger partial charge in [0.2, 0.25) is 0 Å². The van der Waals surface area contributed by atoms with Crippen LogP contribution in [0.4, 0.5) is 0 Å². The van der Waals surface area contributed by atoms with Crippen LogP contribution in [0.2, 0.25) is 0 Å². The van der Waals surface area contributed by atoms with E-state index in [1.807, 2.05) is 0 Å². The lowest BCUT2D eigenvalue weighted by Crippen LogP contribution is -2.53. The summed E-state index contributed by atoms with van der Waals surface area (Å²) in [5.74, 6) is 5.04. The minimum absolute atomic E-state index is 0.413. The second kappa shape index (κ2) is 1.69. The topological polar surface area (TPSA) is 58.3 Å². The van der Waals surface area contributed by atoms with Gasteiger partial charge in [-0.25, -0.2) is 0 Å². The number of hydrogen-bond acceptors (Lipinski definition) is 3. The molecule has 0 aromatic carbocycles. The van der Waals surface area contributed by atoms with Crippen molar-refractivity contribution in [3.63, 3.8) is 0 Å². The molecule has 4 N–H and O–H groups in total. The van der Waals surface area contributed by atoms with E-state index in [4.69, 9.17) is 12.3 Å². The quantitative estimate of drug-likeness (QED) is 0.316. The molecule has 0 spiro atoms. The molecule has 48 valence electrons. The van der Waals surface area contributed by atoms with Crippen molar-refractivity contribution in [2.24, 2.45) is 5.84 Å². The maximum atomic E-state index is 9.16. The smallest absolute Gasteiger partial charge is 0.0650 e. The highest BCUT2D eigenvalue weighted by molar-refractivity contribution is 4.93. The number of aliphatic hydroxyl groups is 1. The summed E-state index contributed by atoms with van der Waals surface area (Å²) in [6.45, 7) is 1.71. The van der Waals surface area contributed by atoms with E-state index in [0.29, 0.717) is 12.8 Å². The van der Waals surface area contributed by atoms with Gasteiger partial charge in [-0.05, 0) is 19.8 Å². The van der Waals surface area contributed by atoms with Gasteiger partial charge in [0, 0.05) is 7.39 Å². The van der Waals surface area contributed by atoms with Crippen LogP contribution in [0.25, 0.3) is 0 Å². The van der Waals surface area contributed by atoms with Crippen LogP contribution in [-0.2, 0) is 0 Å². The highest BCUT2D eigenvalue weighted by atomic mass is 16.3. The van der Waals surface area contributed by atoms with Gasteiger partial charge in [-0.2, -0.15) is 0 Å². The molecule has 1 aliphatic rings.